The molecule has 1 fully saturated rings. The number of hydrogen-bond donors (Lipinski definition) is 1. The van der Waals surface area contributed by atoms with Crippen molar-refractivity contribution in [3.8, 4) is 11.1 Å². The van der Waals surface area contributed by atoms with E-state index in [1.807, 2.05) is 6.07 Å². The highest BCUT2D eigenvalue weighted by Gasteiger charge is 2.32. The highest BCUT2D eigenvalue weighted by Crippen LogP contribution is 2.41. The molecule has 0 radical (unpaired) electrons. The molecule has 7 nitrogen and oxygen atoms in total. The van der Waals surface area contributed by atoms with E-state index in [-0.39, 0.29) is 23.2 Å². The van der Waals surface area contributed by atoms with Crippen LogP contribution in [0.2, 0.25) is 0 Å². The van der Waals surface area contributed by atoms with Gasteiger partial charge in [0.1, 0.15) is 11.6 Å². The van der Waals surface area contributed by atoms with E-state index in [9.17, 15) is 22.0 Å². The van der Waals surface area contributed by atoms with Crippen LogP contribution in [0, 0.1) is 11.6 Å². The van der Waals surface area contributed by atoms with Crippen molar-refractivity contribution in [1.29, 1.82) is 0 Å². The fourth-order valence-corrected chi connectivity index (χ4v) is 5.41. The minimum Gasteiger partial charge on any atom is -0.364 e. The van der Waals surface area contributed by atoms with Crippen LogP contribution in [0.4, 0.5) is 14.5 Å². The van der Waals surface area contributed by atoms with Crippen LogP contribution in [0.15, 0.2) is 67.0 Å². The molecule has 1 aliphatic rings. The Morgan fingerprint density at radius 2 is 1.74 bits per heavy atom. The van der Waals surface area contributed by atoms with Gasteiger partial charge in [-0.15, -0.1) is 0 Å². The highest BCUT2D eigenvalue weighted by atomic mass is 32.2. The molecule has 198 valence electrons. The number of carbonyl (C=O) groups is 1. The zero-order valence-corrected chi connectivity index (χ0v) is 22.1. The summed E-state index contributed by atoms with van der Waals surface area (Å²) in [5, 5.41) is 4.21. The number of benzene rings is 2. The maximum atomic E-state index is 14.5. The lowest BCUT2D eigenvalue weighted by molar-refractivity contribution is 0.0982. The number of halogens is 2. The molecule has 2 aromatic heterocycles. The first-order chi connectivity index (χ1) is 17.9. The van der Waals surface area contributed by atoms with Crippen molar-refractivity contribution in [2.75, 3.05) is 11.4 Å². The van der Waals surface area contributed by atoms with Crippen molar-refractivity contribution >= 4 is 27.1 Å². The number of aromatic nitrogens is 2. The van der Waals surface area contributed by atoms with Gasteiger partial charge in [-0.3, -0.25) is 4.79 Å². The third kappa shape index (κ3) is 4.76. The van der Waals surface area contributed by atoms with Gasteiger partial charge in [0, 0.05) is 18.4 Å². The van der Waals surface area contributed by atoms with Crippen LogP contribution in [0.25, 0.3) is 16.6 Å². The van der Waals surface area contributed by atoms with E-state index in [0.717, 1.165) is 35.2 Å². The number of pyridine rings is 1. The van der Waals surface area contributed by atoms with Crippen molar-refractivity contribution in [3.63, 3.8) is 0 Å². The molecule has 1 aliphatic heterocycles. The van der Waals surface area contributed by atoms with E-state index >= 15 is 0 Å². The van der Waals surface area contributed by atoms with E-state index in [1.54, 1.807) is 30.5 Å². The van der Waals surface area contributed by atoms with E-state index in [1.165, 1.54) is 55.7 Å². The molecule has 0 bridgehead atoms. The molecule has 1 saturated heterocycles. The molecule has 10 heteroatoms. The van der Waals surface area contributed by atoms with Gasteiger partial charge in [-0.25, -0.2) is 26.4 Å². The molecule has 0 saturated carbocycles. The van der Waals surface area contributed by atoms with E-state index < -0.39 is 20.7 Å². The van der Waals surface area contributed by atoms with Crippen LogP contribution >= 0.6 is 0 Å². The lowest BCUT2D eigenvalue weighted by Crippen LogP contribution is -2.42. The number of amides is 1. The van der Waals surface area contributed by atoms with Crippen molar-refractivity contribution in [2.24, 2.45) is 0 Å². The molecule has 3 heterocycles. The average Bonchev–Trinajstić information content (AvgIpc) is 3.51. The first kappa shape index (κ1) is 25.8. The molecule has 2 aromatic carbocycles. The Labute approximate surface area is 220 Å². The van der Waals surface area contributed by atoms with Crippen molar-refractivity contribution < 1.29 is 22.0 Å². The summed E-state index contributed by atoms with van der Waals surface area (Å²) in [4.78, 5) is 15.1. The fraction of sp³-hybridized carbons (Fsp3) is 0.286. The van der Waals surface area contributed by atoms with E-state index in [4.69, 9.17) is 0 Å². The third-order valence-corrected chi connectivity index (χ3v) is 8.96. The molecule has 5 rings (SSSR count). The number of nitrogens with one attached hydrogen (secondary N) is 1. The largest absolute Gasteiger partial charge is 0.364 e. The Morgan fingerprint density at radius 3 is 2.45 bits per heavy atom. The second-order valence-corrected chi connectivity index (χ2v) is 12.8. The Hall–Kier alpha value is -3.79. The van der Waals surface area contributed by atoms with Gasteiger partial charge in [-0.2, -0.15) is 5.10 Å². The summed E-state index contributed by atoms with van der Waals surface area (Å²) < 4.78 is 55.6. The first-order valence-electron chi connectivity index (χ1n) is 12.3. The molecule has 0 spiro atoms. The van der Waals surface area contributed by atoms with E-state index in [0.29, 0.717) is 12.1 Å². The Kier molecular flexibility index (Phi) is 6.46. The Bertz CT molecular complexity index is 1630. The topological polar surface area (TPSA) is 83.8 Å². The third-order valence-electron chi connectivity index (χ3n) is 6.90. The SMILES string of the molecule is CC(C)(C)S(=O)(=O)NC(=O)c1cnn2ccc(N3CCCC3c3cc(F)ccc3-c3ccc(F)cc3)cc12. The number of carbonyl (C=O) groups excluding carboxylic acids is 1. The summed E-state index contributed by atoms with van der Waals surface area (Å²) in [6.45, 7) is 5.24. The average molecular weight is 539 g/mol. The summed E-state index contributed by atoms with van der Waals surface area (Å²) in [6.07, 6.45) is 4.69. The van der Waals surface area contributed by atoms with Crippen LogP contribution in [-0.4, -0.2) is 35.2 Å². The van der Waals surface area contributed by atoms with Gasteiger partial charge in [0.05, 0.1) is 28.1 Å². The summed E-state index contributed by atoms with van der Waals surface area (Å²) in [7, 11) is -3.91. The number of hydrogen-bond acceptors (Lipinski definition) is 5. The number of rotatable bonds is 5. The van der Waals surface area contributed by atoms with Gasteiger partial charge < -0.3 is 4.90 Å². The molecule has 1 unspecified atom stereocenters. The van der Waals surface area contributed by atoms with Crippen LogP contribution in [0.5, 0.6) is 0 Å². The number of fused-ring (bicyclic) bond motifs is 1. The predicted molar refractivity (Wildman–Crippen MR) is 142 cm³/mol. The van der Waals surface area contributed by atoms with Gasteiger partial charge in [-0.1, -0.05) is 18.2 Å². The van der Waals surface area contributed by atoms with Crippen molar-refractivity contribution in [2.45, 2.75) is 44.4 Å². The molecule has 1 amide bonds. The summed E-state index contributed by atoms with van der Waals surface area (Å²) >= 11 is 0. The standard InChI is InChI=1S/C28H28F2N4O3S/c1-28(2,3)38(36,37)32-27(35)24-17-31-34-14-12-21(16-26(24)34)33-13-4-5-25(33)23-15-20(30)10-11-22(23)18-6-8-19(29)9-7-18/h6-12,14-17,25H,4-5,13H2,1-3H3,(H,32,35). The molecular formula is C28H28F2N4O3S. The van der Waals surface area contributed by atoms with Gasteiger partial charge in [0.2, 0.25) is 10.0 Å². The van der Waals surface area contributed by atoms with Crippen LogP contribution in [0.1, 0.15) is 55.6 Å². The minimum absolute atomic E-state index is 0.133. The monoisotopic (exact) mass is 538 g/mol. The summed E-state index contributed by atoms with van der Waals surface area (Å²) in [5.74, 6) is -1.46. The van der Waals surface area contributed by atoms with Crippen molar-refractivity contribution in [1.82, 2.24) is 14.3 Å². The van der Waals surface area contributed by atoms with Crippen LogP contribution < -0.4 is 9.62 Å². The molecule has 0 aliphatic carbocycles. The van der Waals surface area contributed by atoms with Gasteiger partial charge >= 0.3 is 0 Å². The van der Waals surface area contributed by atoms with Gasteiger partial charge in [0.25, 0.3) is 5.91 Å². The van der Waals surface area contributed by atoms with Crippen LogP contribution in [-0.2, 0) is 10.0 Å². The zero-order valence-electron chi connectivity index (χ0n) is 21.3. The van der Waals surface area contributed by atoms with E-state index in [2.05, 4.69) is 14.7 Å². The molecule has 4 aromatic rings. The lowest BCUT2D eigenvalue weighted by Gasteiger charge is -2.29. The molecule has 38 heavy (non-hydrogen) atoms. The fourth-order valence-electron chi connectivity index (χ4n) is 4.75. The minimum atomic E-state index is -3.91. The Balaban J connectivity index is 1.52. The lowest BCUT2D eigenvalue weighted by atomic mass is 9.93. The quantitative estimate of drug-likeness (QED) is 0.364. The number of anilines is 1. The summed E-state index contributed by atoms with van der Waals surface area (Å²) in [5.41, 5.74) is 3.78. The normalized spacial score (nSPS) is 16.2. The van der Waals surface area contributed by atoms with Gasteiger partial charge in [0.15, 0.2) is 0 Å². The highest BCUT2D eigenvalue weighted by molar-refractivity contribution is 7.91. The molecule has 1 atom stereocenters. The second kappa shape index (κ2) is 9.50. The Morgan fingerprint density at radius 1 is 1.03 bits per heavy atom. The van der Waals surface area contributed by atoms with Crippen LogP contribution in [0.3, 0.4) is 0 Å². The maximum absolute atomic E-state index is 14.5. The zero-order chi connectivity index (χ0) is 27.2. The molecular weight excluding hydrogens is 510 g/mol. The maximum Gasteiger partial charge on any atom is 0.268 e. The molecule has 1 N–H and O–H groups in total. The first-order valence-corrected chi connectivity index (χ1v) is 13.8. The smallest absolute Gasteiger partial charge is 0.268 e. The van der Waals surface area contributed by atoms with Gasteiger partial charge in [-0.05, 0) is 86.7 Å². The number of nitrogens with zero attached hydrogens (tertiary/aromatic N) is 3. The predicted octanol–water partition coefficient (Wildman–Crippen LogP) is 5.48. The number of sulfonamides is 1. The second-order valence-electron chi connectivity index (χ2n) is 10.4. The summed E-state index contributed by atoms with van der Waals surface area (Å²) in [6, 6.07) is 14.3. The van der Waals surface area contributed by atoms with Crippen molar-refractivity contribution in [3.05, 3.63) is 89.8 Å².